The van der Waals surface area contributed by atoms with Gasteiger partial charge in [-0.25, -0.2) is 4.98 Å². The number of likely N-dealkylation sites (tertiary alicyclic amines) is 1. The lowest BCUT2D eigenvalue weighted by molar-refractivity contribution is 0.102. The monoisotopic (exact) mass is 371 g/mol. The molecular formula is C20H25N3O2S. The van der Waals surface area contributed by atoms with Crippen LogP contribution >= 0.6 is 11.3 Å². The van der Waals surface area contributed by atoms with E-state index in [-0.39, 0.29) is 5.91 Å². The molecule has 1 aromatic heterocycles. The Kier molecular flexibility index (Phi) is 6.80. The fourth-order valence-electron chi connectivity index (χ4n) is 3.05. The third kappa shape index (κ3) is 5.16. The molecule has 1 aliphatic rings. The fourth-order valence-corrected chi connectivity index (χ4v) is 3.75. The first-order chi connectivity index (χ1) is 12.8. The van der Waals surface area contributed by atoms with Crippen molar-refractivity contribution < 1.29 is 9.53 Å². The number of ether oxygens (including phenoxy) is 1. The molecule has 2 heterocycles. The van der Waals surface area contributed by atoms with E-state index in [0.29, 0.717) is 23.1 Å². The van der Waals surface area contributed by atoms with Gasteiger partial charge < -0.3 is 4.74 Å². The van der Waals surface area contributed by atoms with Crippen molar-refractivity contribution in [3.8, 4) is 5.75 Å². The van der Waals surface area contributed by atoms with Crippen LogP contribution in [0, 0.1) is 0 Å². The molecule has 1 N–H and O–H groups in total. The summed E-state index contributed by atoms with van der Waals surface area (Å²) in [5.74, 6) is 0.339. The maximum atomic E-state index is 12.6. The molecule has 0 saturated carbocycles. The van der Waals surface area contributed by atoms with Gasteiger partial charge in [-0.15, -0.1) is 11.3 Å². The van der Waals surface area contributed by atoms with Gasteiger partial charge in [0.1, 0.15) is 12.4 Å². The smallest absolute Gasteiger partial charge is 0.261 e. The highest BCUT2D eigenvalue weighted by Crippen LogP contribution is 2.22. The standard InChI is InChI=1S/C20H25N3O2S/c1-2-13-25-18-10-6-5-9-17(18)19(24)22-20-21-16(15-26-20)14-23-11-7-3-4-8-12-23/h2,5-6,9-10,15H,1,3-4,7-8,11-14H2,(H,21,22,24). The topological polar surface area (TPSA) is 54.5 Å². The van der Waals surface area contributed by atoms with E-state index in [1.54, 1.807) is 18.2 Å². The molecule has 0 atom stereocenters. The fraction of sp³-hybridized carbons (Fsp3) is 0.400. The Labute approximate surface area is 158 Å². The minimum Gasteiger partial charge on any atom is -0.489 e. The van der Waals surface area contributed by atoms with E-state index in [0.717, 1.165) is 25.3 Å². The van der Waals surface area contributed by atoms with Crippen LogP contribution in [0.3, 0.4) is 0 Å². The van der Waals surface area contributed by atoms with Gasteiger partial charge in [0.05, 0.1) is 11.3 Å². The molecule has 5 nitrogen and oxygen atoms in total. The van der Waals surface area contributed by atoms with Crippen molar-refractivity contribution in [2.24, 2.45) is 0 Å². The van der Waals surface area contributed by atoms with Crippen LogP contribution in [0.5, 0.6) is 5.75 Å². The van der Waals surface area contributed by atoms with Crippen LogP contribution in [0.15, 0.2) is 42.3 Å². The number of anilines is 1. The van der Waals surface area contributed by atoms with Crippen molar-refractivity contribution in [1.82, 2.24) is 9.88 Å². The van der Waals surface area contributed by atoms with Crippen molar-refractivity contribution in [2.75, 3.05) is 25.0 Å². The molecule has 0 unspecified atom stereocenters. The maximum absolute atomic E-state index is 12.6. The number of amides is 1. The molecule has 1 aromatic carbocycles. The lowest BCUT2D eigenvalue weighted by Gasteiger charge is -2.17. The van der Waals surface area contributed by atoms with E-state index in [4.69, 9.17) is 4.74 Å². The average Bonchev–Trinajstić information content (AvgIpc) is 2.92. The number of para-hydroxylation sites is 1. The quantitative estimate of drug-likeness (QED) is 0.736. The molecule has 0 aliphatic carbocycles. The predicted molar refractivity (Wildman–Crippen MR) is 106 cm³/mol. The number of benzene rings is 1. The largest absolute Gasteiger partial charge is 0.489 e. The van der Waals surface area contributed by atoms with E-state index >= 15 is 0 Å². The molecule has 0 radical (unpaired) electrons. The lowest BCUT2D eigenvalue weighted by atomic mass is 10.2. The third-order valence-corrected chi connectivity index (χ3v) is 5.15. The molecule has 6 heteroatoms. The van der Waals surface area contributed by atoms with Gasteiger partial charge in [-0.05, 0) is 38.1 Å². The van der Waals surface area contributed by atoms with Crippen molar-refractivity contribution in [1.29, 1.82) is 0 Å². The Morgan fingerprint density at radius 3 is 2.81 bits per heavy atom. The number of carbonyl (C=O) groups is 1. The van der Waals surface area contributed by atoms with Crippen LogP contribution in [0.1, 0.15) is 41.7 Å². The minimum absolute atomic E-state index is 0.208. The molecule has 138 valence electrons. The number of hydrogen-bond donors (Lipinski definition) is 1. The second-order valence-electron chi connectivity index (χ2n) is 6.38. The van der Waals surface area contributed by atoms with Crippen LogP contribution in [-0.4, -0.2) is 35.5 Å². The van der Waals surface area contributed by atoms with Gasteiger partial charge >= 0.3 is 0 Å². The van der Waals surface area contributed by atoms with E-state index < -0.39 is 0 Å². The molecule has 3 rings (SSSR count). The van der Waals surface area contributed by atoms with Gasteiger partial charge in [0, 0.05) is 11.9 Å². The Morgan fingerprint density at radius 1 is 1.27 bits per heavy atom. The number of nitrogens with zero attached hydrogens (tertiary/aromatic N) is 2. The van der Waals surface area contributed by atoms with Crippen molar-refractivity contribution >= 4 is 22.4 Å². The summed E-state index contributed by atoms with van der Waals surface area (Å²) in [5.41, 5.74) is 1.52. The van der Waals surface area contributed by atoms with Crippen LogP contribution in [-0.2, 0) is 6.54 Å². The molecule has 2 aromatic rings. The summed E-state index contributed by atoms with van der Waals surface area (Å²) in [7, 11) is 0. The molecule has 1 saturated heterocycles. The summed E-state index contributed by atoms with van der Waals surface area (Å²) < 4.78 is 5.56. The van der Waals surface area contributed by atoms with E-state index in [2.05, 4.69) is 21.8 Å². The summed E-state index contributed by atoms with van der Waals surface area (Å²) >= 11 is 1.46. The van der Waals surface area contributed by atoms with E-state index in [1.165, 1.54) is 37.0 Å². The summed E-state index contributed by atoms with van der Waals surface area (Å²) in [6, 6.07) is 7.20. The van der Waals surface area contributed by atoms with Crippen LogP contribution in [0.4, 0.5) is 5.13 Å². The highest BCUT2D eigenvalue weighted by molar-refractivity contribution is 7.14. The number of thiazole rings is 1. The first-order valence-electron chi connectivity index (χ1n) is 9.07. The second-order valence-corrected chi connectivity index (χ2v) is 7.24. The Morgan fingerprint density at radius 2 is 2.04 bits per heavy atom. The SMILES string of the molecule is C=CCOc1ccccc1C(=O)Nc1nc(CN2CCCCCC2)cs1. The minimum atomic E-state index is -0.208. The van der Waals surface area contributed by atoms with E-state index in [9.17, 15) is 4.79 Å². The van der Waals surface area contributed by atoms with Gasteiger partial charge in [0.25, 0.3) is 5.91 Å². The van der Waals surface area contributed by atoms with Crippen molar-refractivity contribution in [2.45, 2.75) is 32.2 Å². The molecular weight excluding hydrogens is 346 g/mol. The highest BCUT2D eigenvalue weighted by atomic mass is 32.1. The van der Waals surface area contributed by atoms with Gasteiger partial charge in [-0.2, -0.15) is 0 Å². The van der Waals surface area contributed by atoms with Gasteiger partial charge in [0.2, 0.25) is 0 Å². The zero-order valence-corrected chi connectivity index (χ0v) is 15.8. The molecule has 26 heavy (non-hydrogen) atoms. The van der Waals surface area contributed by atoms with E-state index in [1.807, 2.05) is 17.5 Å². The van der Waals surface area contributed by atoms with Gasteiger partial charge in [-0.3, -0.25) is 15.0 Å². The average molecular weight is 372 g/mol. The van der Waals surface area contributed by atoms with Crippen LogP contribution < -0.4 is 10.1 Å². The number of hydrogen-bond acceptors (Lipinski definition) is 5. The first-order valence-corrected chi connectivity index (χ1v) is 9.95. The molecule has 0 spiro atoms. The summed E-state index contributed by atoms with van der Waals surface area (Å²) in [4.78, 5) is 19.6. The zero-order chi connectivity index (χ0) is 18.2. The molecule has 1 amide bonds. The van der Waals surface area contributed by atoms with Gasteiger partial charge in [-0.1, -0.05) is 37.6 Å². The number of nitrogens with one attached hydrogen (secondary N) is 1. The first kappa shape index (κ1) is 18.6. The molecule has 0 bridgehead atoms. The van der Waals surface area contributed by atoms with Crippen LogP contribution in [0.2, 0.25) is 0 Å². The summed E-state index contributed by atoms with van der Waals surface area (Å²) in [6.45, 7) is 7.12. The summed E-state index contributed by atoms with van der Waals surface area (Å²) in [6.07, 6.45) is 6.82. The Balaban J connectivity index is 1.61. The Hall–Kier alpha value is -2.18. The third-order valence-electron chi connectivity index (χ3n) is 4.34. The van der Waals surface area contributed by atoms with Crippen LogP contribution in [0.25, 0.3) is 0 Å². The van der Waals surface area contributed by atoms with Crippen molar-refractivity contribution in [3.05, 3.63) is 53.6 Å². The normalized spacial score (nSPS) is 15.2. The molecule has 1 aliphatic heterocycles. The predicted octanol–water partition coefficient (Wildman–Crippen LogP) is 4.34. The van der Waals surface area contributed by atoms with Gasteiger partial charge in [0.15, 0.2) is 5.13 Å². The summed E-state index contributed by atoms with van der Waals surface area (Å²) in [5, 5.41) is 5.54. The molecule has 1 fully saturated rings. The second kappa shape index (κ2) is 9.50. The zero-order valence-electron chi connectivity index (χ0n) is 14.9. The lowest BCUT2D eigenvalue weighted by Crippen LogP contribution is -2.24. The maximum Gasteiger partial charge on any atom is 0.261 e. The van der Waals surface area contributed by atoms with Crippen molar-refractivity contribution in [3.63, 3.8) is 0 Å². The highest BCUT2D eigenvalue weighted by Gasteiger charge is 2.15. The number of aromatic nitrogens is 1. The number of carbonyl (C=O) groups excluding carboxylic acids is 1. The number of rotatable bonds is 7. The Bertz CT molecular complexity index is 736.